The van der Waals surface area contributed by atoms with E-state index in [9.17, 15) is 9.50 Å². The fourth-order valence-corrected chi connectivity index (χ4v) is 2.75. The Morgan fingerprint density at radius 2 is 1.95 bits per heavy atom. The second-order valence-corrected chi connectivity index (χ2v) is 4.97. The van der Waals surface area contributed by atoms with E-state index in [1.165, 1.54) is 25.7 Å². The largest absolute Gasteiger partial charge is 0.504 e. The Balaban J connectivity index is 0.00000180. The molecule has 19 heavy (non-hydrogen) atoms. The Hall–Kier alpha value is -1.00. The van der Waals surface area contributed by atoms with Crippen LogP contribution in [0.5, 0.6) is 11.5 Å². The molecule has 2 rings (SSSR count). The van der Waals surface area contributed by atoms with Gasteiger partial charge in [-0.15, -0.1) is 12.4 Å². The van der Waals surface area contributed by atoms with Crippen LogP contribution in [-0.2, 0) is 0 Å². The molecule has 5 heteroatoms. The number of rotatable bonds is 3. The highest BCUT2D eigenvalue weighted by molar-refractivity contribution is 5.85. The highest BCUT2D eigenvalue weighted by atomic mass is 35.5. The van der Waals surface area contributed by atoms with Gasteiger partial charge in [0.2, 0.25) is 0 Å². The number of hydrogen-bond donors (Lipinski definition) is 2. The van der Waals surface area contributed by atoms with Crippen LogP contribution in [0.3, 0.4) is 0 Å². The quantitative estimate of drug-likeness (QED) is 0.895. The van der Waals surface area contributed by atoms with E-state index in [1.807, 2.05) is 0 Å². The van der Waals surface area contributed by atoms with Crippen molar-refractivity contribution in [2.24, 2.45) is 11.7 Å². The zero-order valence-electron chi connectivity index (χ0n) is 11.1. The summed E-state index contributed by atoms with van der Waals surface area (Å²) in [7, 11) is 1.41. The first kappa shape index (κ1) is 16.1. The average molecular weight is 290 g/mol. The third-order valence-corrected chi connectivity index (χ3v) is 3.81. The van der Waals surface area contributed by atoms with E-state index in [2.05, 4.69) is 0 Å². The number of nitrogens with two attached hydrogens (primary N) is 1. The lowest BCUT2D eigenvalue weighted by Gasteiger charge is -2.28. The molecule has 0 aliphatic heterocycles. The highest BCUT2D eigenvalue weighted by Crippen LogP contribution is 2.40. The Morgan fingerprint density at radius 3 is 2.53 bits per heavy atom. The lowest BCUT2D eigenvalue weighted by atomic mass is 9.81. The number of phenols is 1. The van der Waals surface area contributed by atoms with Gasteiger partial charge < -0.3 is 15.6 Å². The van der Waals surface area contributed by atoms with E-state index in [4.69, 9.17) is 10.5 Å². The molecule has 0 saturated heterocycles. The van der Waals surface area contributed by atoms with Gasteiger partial charge in [-0.25, -0.2) is 4.39 Å². The number of aromatic hydroxyl groups is 1. The van der Waals surface area contributed by atoms with Crippen molar-refractivity contribution >= 4 is 12.4 Å². The standard InChI is InChI=1S/C14H20FNO2.ClH/c1-18-12-8-10(15)7-11(14(12)17)13(16)9-5-3-2-4-6-9;/h7-9,13,17H,2-6,16H2,1H3;1H/t13-;/m0./s1. The van der Waals surface area contributed by atoms with Crippen LogP contribution >= 0.6 is 12.4 Å². The minimum Gasteiger partial charge on any atom is -0.504 e. The molecule has 1 aliphatic carbocycles. The fourth-order valence-electron chi connectivity index (χ4n) is 2.75. The van der Waals surface area contributed by atoms with Crippen LogP contribution in [0.1, 0.15) is 43.7 Å². The topological polar surface area (TPSA) is 55.5 Å². The summed E-state index contributed by atoms with van der Waals surface area (Å²) in [5, 5.41) is 10.0. The fraction of sp³-hybridized carbons (Fsp3) is 0.571. The van der Waals surface area contributed by atoms with E-state index in [0.717, 1.165) is 25.7 Å². The normalized spacial score (nSPS) is 17.6. The van der Waals surface area contributed by atoms with Gasteiger partial charge in [-0.2, -0.15) is 0 Å². The summed E-state index contributed by atoms with van der Waals surface area (Å²) in [6, 6.07) is 2.17. The van der Waals surface area contributed by atoms with Crippen LogP contribution in [0, 0.1) is 11.7 Å². The van der Waals surface area contributed by atoms with Crippen LogP contribution < -0.4 is 10.5 Å². The maximum absolute atomic E-state index is 13.5. The van der Waals surface area contributed by atoms with Crippen LogP contribution in [0.25, 0.3) is 0 Å². The predicted molar refractivity (Wildman–Crippen MR) is 75.4 cm³/mol. The molecular formula is C14H21ClFNO2. The molecule has 1 saturated carbocycles. The first-order valence-corrected chi connectivity index (χ1v) is 6.45. The molecule has 0 spiro atoms. The van der Waals surface area contributed by atoms with Gasteiger partial charge in [0, 0.05) is 17.7 Å². The van der Waals surface area contributed by atoms with Crippen LogP contribution in [0.4, 0.5) is 4.39 Å². The van der Waals surface area contributed by atoms with Crippen molar-refractivity contribution in [3.63, 3.8) is 0 Å². The van der Waals surface area contributed by atoms with Crippen molar-refractivity contribution in [1.82, 2.24) is 0 Å². The Labute approximate surface area is 119 Å². The molecule has 0 aromatic heterocycles. The van der Waals surface area contributed by atoms with E-state index in [1.54, 1.807) is 0 Å². The van der Waals surface area contributed by atoms with E-state index in [-0.39, 0.29) is 29.9 Å². The third-order valence-electron chi connectivity index (χ3n) is 3.81. The molecule has 1 aliphatic rings. The summed E-state index contributed by atoms with van der Waals surface area (Å²) < 4.78 is 18.4. The maximum Gasteiger partial charge on any atom is 0.163 e. The molecule has 0 radical (unpaired) electrons. The van der Waals surface area contributed by atoms with Gasteiger partial charge >= 0.3 is 0 Å². The zero-order valence-corrected chi connectivity index (χ0v) is 11.9. The van der Waals surface area contributed by atoms with Gasteiger partial charge in [-0.1, -0.05) is 19.3 Å². The van der Waals surface area contributed by atoms with Crippen LogP contribution in [-0.4, -0.2) is 12.2 Å². The van der Waals surface area contributed by atoms with Crippen molar-refractivity contribution in [3.8, 4) is 11.5 Å². The Bertz CT molecular complexity index is 422. The minimum absolute atomic E-state index is 0. The van der Waals surface area contributed by atoms with Crippen molar-refractivity contribution in [2.75, 3.05) is 7.11 Å². The van der Waals surface area contributed by atoms with Gasteiger partial charge in [0.25, 0.3) is 0 Å². The lowest BCUT2D eigenvalue weighted by molar-refractivity contribution is 0.298. The summed E-state index contributed by atoms with van der Waals surface area (Å²) in [6.45, 7) is 0. The van der Waals surface area contributed by atoms with E-state index >= 15 is 0 Å². The number of methoxy groups -OCH3 is 1. The predicted octanol–water partition coefficient (Wildman–Crippen LogP) is 3.54. The van der Waals surface area contributed by atoms with Crippen LogP contribution in [0.2, 0.25) is 0 Å². The second kappa shape index (κ2) is 6.96. The monoisotopic (exact) mass is 289 g/mol. The third kappa shape index (κ3) is 3.51. The summed E-state index contributed by atoms with van der Waals surface area (Å²) >= 11 is 0. The molecular weight excluding hydrogens is 269 g/mol. The molecule has 1 aromatic carbocycles. The Morgan fingerprint density at radius 1 is 1.32 bits per heavy atom. The average Bonchev–Trinajstić information content (AvgIpc) is 2.41. The van der Waals surface area contributed by atoms with Crippen molar-refractivity contribution in [2.45, 2.75) is 38.1 Å². The summed E-state index contributed by atoms with van der Waals surface area (Å²) in [6.07, 6.45) is 5.64. The molecule has 0 heterocycles. The van der Waals surface area contributed by atoms with Crippen LogP contribution in [0.15, 0.2) is 12.1 Å². The molecule has 0 bridgehead atoms. The lowest BCUT2D eigenvalue weighted by Crippen LogP contribution is -2.23. The van der Waals surface area contributed by atoms with Gasteiger partial charge in [-0.3, -0.25) is 0 Å². The summed E-state index contributed by atoms with van der Waals surface area (Å²) in [5.74, 6) is 0.00954. The first-order chi connectivity index (χ1) is 8.63. The number of phenolic OH excluding ortho intramolecular Hbond substituents is 1. The summed E-state index contributed by atoms with van der Waals surface area (Å²) in [5.41, 5.74) is 6.64. The van der Waals surface area contributed by atoms with Gasteiger partial charge in [-0.05, 0) is 24.8 Å². The van der Waals surface area contributed by atoms with Gasteiger partial charge in [0.05, 0.1) is 7.11 Å². The zero-order chi connectivity index (χ0) is 13.1. The van der Waals surface area contributed by atoms with Gasteiger partial charge in [0.1, 0.15) is 5.82 Å². The highest BCUT2D eigenvalue weighted by Gasteiger charge is 2.25. The number of ether oxygens (including phenoxy) is 1. The summed E-state index contributed by atoms with van der Waals surface area (Å²) in [4.78, 5) is 0. The molecule has 1 aromatic rings. The maximum atomic E-state index is 13.5. The molecule has 3 nitrogen and oxygen atoms in total. The molecule has 0 amide bonds. The van der Waals surface area contributed by atoms with E-state index < -0.39 is 5.82 Å². The molecule has 0 unspecified atom stereocenters. The molecule has 1 fully saturated rings. The van der Waals surface area contributed by atoms with Crippen molar-refractivity contribution in [1.29, 1.82) is 0 Å². The molecule has 1 atom stereocenters. The molecule has 3 N–H and O–H groups in total. The molecule has 108 valence electrons. The van der Waals surface area contributed by atoms with Crippen molar-refractivity contribution in [3.05, 3.63) is 23.5 Å². The van der Waals surface area contributed by atoms with Crippen molar-refractivity contribution < 1.29 is 14.2 Å². The van der Waals surface area contributed by atoms with E-state index in [0.29, 0.717) is 11.5 Å². The first-order valence-electron chi connectivity index (χ1n) is 6.45. The second-order valence-electron chi connectivity index (χ2n) is 4.97. The number of hydrogen-bond acceptors (Lipinski definition) is 3. The Kier molecular flexibility index (Phi) is 5.88. The smallest absolute Gasteiger partial charge is 0.163 e. The number of benzene rings is 1. The number of halogens is 2. The SMILES string of the molecule is COc1cc(F)cc([C@@H](N)C2CCCCC2)c1O.Cl. The minimum atomic E-state index is -0.425. The van der Waals surface area contributed by atoms with Gasteiger partial charge in [0.15, 0.2) is 11.5 Å².